The maximum atomic E-state index is 13.5. The molecule has 1 heterocycles. The second-order valence-electron chi connectivity index (χ2n) is 3.78. The van der Waals surface area contributed by atoms with Gasteiger partial charge in [-0.2, -0.15) is 8.42 Å². The van der Waals surface area contributed by atoms with Gasteiger partial charge in [0.05, 0.1) is 11.9 Å². The molecule has 0 aliphatic carbocycles. The zero-order chi connectivity index (χ0) is 14.0. The molecule has 2 rings (SSSR count). The molecular formula is C11H11BrFN3O2S. The van der Waals surface area contributed by atoms with Crippen LogP contribution in [0, 0.1) is 5.82 Å². The number of imidazole rings is 1. The van der Waals surface area contributed by atoms with E-state index in [1.54, 1.807) is 0 Å². The first kappa shape index (κ1) is 14.0. The highest BCUT2D eigenvalue weighted by molar-refractivity contribution is 9.10. The van der Waals surface area contributed by atoms with E-state index in [9.17, 15) is 12.8 Å². The van der Waals surface area contributed by atoms with Crippen LogP contribution in [0.4, 0.5) is 10.1 Å². The number of nitrogens with one attached hydrogen (secondary N) is 2. The number of sulfonamides is 1. The molecule has 0 atom stereocenters. The fraction of sp³-hybridized carbons (Fsp3) is 0.182. The van der Waals surface area contributed by atoms with Gasteiger partial charge in [0.25, 0.3) is 10.0 Å². The topological polar surface area (TPSA) is 74.8 Å². The number of aromatic nitrogens is 2. The van der Waals surface area contributed by atoms with Crippen LogP contribution in [0.5, 0.6) is 0 Å². The lowest BCUT2D eigenvalue weighted by atomic mass is 10.3. The van der Waals surface area contributed by atoms with Gasteiger partial charge in [-0.25, -0.2) is 9.37 Å². The first-order chi connectivity index (χ1) is 8.92. The summed E-state index contributed by atoms with van der Waals surface area (Å²) in [5.41, 5.74) is -0.123. The molecule has 1 aromatic carbocycles. The van der Waals surface area contributed by atoms with Crippen molar-refractivity contribution in [3.05, 3.63) is 40.5 Å². The highest BCUT2D eigenvalue weighted by Crippen LogP contribution is 2.22. The third kappa shape index (κ3) is 3.13. The fourth-order valence-electron chi connectivity index (χ4n) is 1.43. The number of aryl methyl sites for hydroxylation is 1. The third-order valence-electron chi connectivity index (χ3n) is 2.40. The average Bonchev–Trinajstić information content (AvgIpc) is 2.83. The molecule has 2 N–H and O–H groups in total. The van der Waals surface area contributed by atoms with Gasteiger partial charge in [-0.15, -0.1) is 0 Å². The molecule has 19 heavy (non-hydrogen) atoms. The molecule has 0 saturated heterocycles. The molecule has 8 heteroatoms. The molecule has 0 bridgehead atoms. The Balaban J connectivity index is 2.33. The first-order valence-corrected chi connectivity index (χ1v) is 7.71. The summed E-state index contributed by atoms with van der Waals surface area (Å²) in [5, 5.41) is -0.0938. The van der Waals surface area contributed by atoms with Gasteiger partial charge >= 0.3 is 0 Å². The van der Waals surface area contributed by atoms with Gasteiger partial charge in [-0.1, -0.05) is 22.9 Å². The Kier molecular flexibility index (Phi) is 3.91. The van der Waals surface area contributed by atoms with Crippen LogP contribution in [-0.2, 0) is 16.4 Å². The summed E-state index contributed by atoms with van der Waals surface area (Å²) in [4.78, 5) is 6.57. The third-order valence-corrected chi connectivity index (χ3v) is 4.17. The summed E-state index contributed by atoms with van der Waals surface area (Å²) in [5.74, 6) is -0.0999. The minimum Gasteiger partial charge on any atom is -0.332 e. The first-order valence-electron chi connectivity index (χ1n) is 5.44. The van der Waals surface area contributed by atoms with Gasteiger partial charge in [-0.3, -0.25) is 4.72 Å². The molecule has 5 nitrogen and oxygen atoms in total. The number of aromatic amines is 1. The molecule has 102 valence electrons. The number of benzene rings is 1. The highest BCUT2D eigenvalue weighted by atomic mass is 79.9. The van der Waals surface area contributed by atoms with Gasteiger partial charge in [0, 0.05) is 10.9 Å². The maximum absolute atomic E-state index is 13.5. The lowest BCUT2D eigenvalue weighted by Crippen LogP contribution is -2.14. The van der Waals surface area contributed by atoms with E-state index in [0.717, 1.165) is 0 Å². The molecule has 0 saturated carbocycles. The Labute approximate surface area is 118 Å². The Hall–Kier alpha value is -1.41. The summed E-state index contributed by atoms with van der Waals surface area (Å²) in [6, 6.07) is 4.01. The van der Waals surface area contributed by atoms with Crippen molar-refractivity contribution < 1.29 is 12.8 Å². The zero-order valence-electron chi connectivity index (χ0n) is 9.94. The normalized spacial score (nSPS) is 11.5. The molecule has 0 aliphatic rings. The molecule has 0 amide bonds. The molecule has 0 fully saturated rings. The summed E-state index contributed by atoms with van der Waals surface area (Å²) in [7, 11) is -3.87. The van der Waals surface area contributed by atoms with Crippen LogP contribution in [0.2, 0.25) is 0 Å². The lowest BCUT2D eigenvalue weighted by Gasteiger charge is -2.07. The molecule has 0 aliphatic heterocycles. The molecule has 1 aromatic heterocycles. The number of nitrogens with zero attached hydrogens (tertiary/aromatic N) is 1. The van der Waals surface area contributed by atoms with E-state index in [2.05, 4.69) is 30.6 Å². The van der Waals surface area contributed by atoms with Gasteiger partial charge in [-0.05, 0) is 18.2 Å². The fourth-order valence-corrected chi connectivity index (χ4v) is 2.80. The molecule has 2 aromatic rings. The van der Waals surface area contributed by atoms with Crippen molar-refractivity contribution in [3.63, 3.8) is 0 Å². The van der Waals surface area contributed by atoms with E-state index in [-0.39, 0.29) is 10.7 Å². The standard InChI is InChI=1S/C11H11BrFN3O2S/c1-2-10-14-6-11(15-10)19(17,18)16-9-5-7(12)3-4-8(9)13/h3-6,16H,2H2,1H3,(H,14,15). The number of H-pyrrole nitrogens is 1. The van der Waals surface area contributed by atoms with E-state index in [0.29, 0.717) is 16.7 Å². The van der Waals surface area contributed by atoms with Gasteiger partial charge < -0.3 is 4.98 Å². The smallest absolute Gasteiger partial charge is 0.279 e. The van der Waals surface area contributed by atoms with Crippen LogP contribution in [0.15, 0.2) is 33.9 Å². The van der Waals surface area contributed by atoms with E-state index in [4.69, 9.17) is 0 Å². The Morgan fingerprint density at radius 3 is 2.84 bits per heavy atom. The van der Waals surface area contributed by atoms with Crippen LogP contribution in [0.1, 0.15) is 12.7 Å². The second kappa shape index (κ2) is 5.30. The maximum Gasteiger partial charge on any atom is 0.279 e. The van der Waals surface area contributed by atoms with Crippen molar-refractivity contribution >= 4 is 31.6 Å². The highest BCUT2D eigenvalue weighted by Gasteiger charge is 2.18. The number of hydrogen-bond donors (Lipinski definition) is 2. The van der Waals surface area contributed by atoms with Crippen LogP contribution < -0.4 is 4.72 Å². The van der Waals surface area contributed by atoms with Gasteiger partial charge in [0.1, 0.15) is 11.6 Å². The quantitative estimate of drug-likeness (QED) is 0.892. The van der Waals surface area contributed by atoms with Crippen LogP contribution in [0.3, 0.4) is 0 Å². The van der Waals surface area contributed by atoms with Crippen LogP contribution in [-0.4, -0.2) is 18.4 Å². The molecular weight excluding hydrogens is 337 g/mol. The number of rotatable bonds is 4. The lowest BCUT2D eigenvalue weighted by molar-refractivity contribution is 0.595. The summed E-state index contributed by atoms with van der Waals surface area (Å²) >= 11 is 3.15. The minimum absolute atomic E-state index is 0.0938. The van der Waals surface area contributed by atoms with Gasteiger partial charge in [0.2, 0.25) is 0 Å². The van der Waals surface area contributed by atoms with E-state index in [1.165, 1.54) is 24.4 Å². The average molecular weight is 348 g/mol. The molecule has 0 radical (unpaired) electrons. The minimum atomic E-state index is -3.87. The molecule has 0 unspecified atom stereocenters. The van der Waals surface area contributed by atoms with Crippen molar-refractivity contribution in [1.29, 1.82) is 0 Å². The summed E-state index contributed by atoms with van der Waals surface area (Å²) < 4.78 is 40.3. The molecule has 0 spiro atoms. The predicted octanol–water partition coefficient (Wildman–Crippen LogP) is 2.67. The van der Waals surface area contributed by atoms with E-state index >= 15 is 0 Å². The van der Waals surface area contributed by atoms with Gasteiger partial charge in [0.15, 0.2) is 5.03 Å². The van der Waals surface area contributed by atoms with Crippen molar-refractivity contribution in [2.75, 3.05) is 4.72 Å². The van der Waals surface area contributed by atoms with E-state index < -0.39 is 15.8 Å². The van der Waals surface area contributed by atoms with Crippen LogP contribution >= 0.6 is 15.9 Å². The van der Waals surface area contributed by atoms with Crippen molar-refractivity contribution in [3.8, 4) is 0 Å². The van der Waals surface area contributed by atoms with Crippen LogP contribution in [0.25, 0.3) is 0 Å². The summed E-state index contributed by atoms with van der Waals surface area (Å²) in [6.45, 7) is 1.84. The Bertz CT molecular complexity index is 700. The summed E-state index contributed by atoms with van der Waals surface area (Å²) in [6.07, 6.45) is 1.79. The number of hydrogen-bond acceptors (Lipinski definition) is 3. The SMILES string of the molecule is CCc1ncc(S(=O)(=O)Nc2cc(Br)ccc2F)[nH]1. The predicted molar refractivity (Wildman–Crippen MR) is 72.9 cm³/mol. The van der Waals surface area contributed by atoms with Crippen molar-refractivity contribution in [1.82, 2.24) is 9.97 Å². The monoisotopic (exact) mass is 347 g/mol. The Morgan fingerprint density at radius 2 is 2.21 bits per heavy atom. The van der Waals surface area contributed by atoms with E-state index in [1.807, 2.05) is 6.92 Å². The number of halogens is 2. The van der Waals surface area contributed by atoms with Crippen molar-refractivity contribution in [2.24, 2.45) is 0 Å². The van der Waals surface area contributed by atoms with Crippen molar-refractivity contribution in [2.45, 2.75) is 18.4 Å². The second-order valence-corrected chi connectivity index (χ2v) is 6.34. The zero-order valence-corrected chi connectivity index (χ0v) is 12.3. The number of anilines is 1. The Morgan fingerprint density at radius 1 is 1.47 bits per heavy atom. The largest absolute Gasteiger partial charge is 0.332 e.